The first-order chi connectivity index (χ1) is 9.82. The molecule has 3 heteroatoms. The molecule has 2 atom stereocenters. The molecule has 0 amide bonds. The molecule has 1 aliphatic carbocycles. The molecule has 1 aliphatic heterocycles. The Hall–Kier alpha value is -0.811. The summed E-state index contributed by atoms with van der Waals surface area (Å²) >= 11 is 0.527. The van der Waals surface area contributed by atoms with Crippen molar-refractivity contribution in [1.29, 1.82) is 5.26 Å². The number of hydrogen-bond acceptors (Lipinski definition) is 2. The van der Waals surface area contributed by atoms with Gasteiger partial charge in [0.15, 0.2) is 0 Å². The fourth-order valence-corrected chi connectivity index (χ4v) is 5.83. The molecule has 2 nitrogen and oxygen atoms in total. The van der Waals surface area contributed by atoms with E-state index in [9.17, 15) is 5.26 Å². The van der Waals surface area contributed by atoms with Crippen LogP contribution in [-0.4, -0.2) is 27.0 Å². The van der Waals surface area contributed by atoms with Gasteiger partial charge in [0.1, 0.15) is 0 Å². The van der Waals surface area contributed by atoms with Gasteiger partial charge in [0.2, 0.25) is 0 Å². The Labute approximate surface area is 128 Å². The average Bonchev–Trinajstić information content (AvgIpc) is 2.84. The molecule has 1 aromatic rings. The Balaban J connectivity index is 1.61. The molecule has 0 bridgehead atoms. The summed E-state index contributed by atoms with van der Waals surface area (Å²) in [6.07, 6.45) is 7.73. The van der Waals surface area contributed by atoms with E-state index in [0.29, 0.717) is 26.4 Å². The van der Waals surface area contributed by atoms with E-state index in [2.05, 4.69) is 41.7 Å². The van der Waals surface area contributed by atoms with Crippen LogP contribution in [-0.2, 0) is 0 Å². The molecule has 1 heterocycles. The Morgan fingerprint density at radius 1 is 1.20 bits per heavy atom. The zero-order chi connectivity index (χ0) is 13.8. The van der Waals surface area contributed by atoms with E-state index in [1.54, 1.807) is 0 Å². The van der Waals surface area contributed by atoms with E-state index in [4.69, 9.17) is 0 Å². The van der Waals surface area contributed by atoms with Gasteiger partial charge in [-0.25, -0.2) is 0 Å². The summed E-state index contributed by atoms with van der Waals surface area (Å²) in [4.78, 5) is 0. The molecule has 0 radical (unpaired) electrons. The second-order valence-electron chi connectivity index (χ2n) is 6.18. The molecular weight excluding hydrogens is 311 g/mol. The Bertz CT molecular complexity index is 474. The van der Waals surface area contributed by atoms with E-state index in [1.165, 1.54) is 48.3 Å². The van der Waals surface area contributed by atoms with Crippen molar-refractivity contribution < 1.29 is 0 Å². The van der Waals surface area contributed by atoms with E-state index < -0.39 is 0 Å². The van der Waals surface area contributed by atoms with Crippen molar-refractivity contribution in [3.05, 3.63) is 30.3 Å². The van der Waals surface area contributed by atoms with Crippen LogP contribution in [0.5, 0.6) is 0 Å². The molecule has 3 rings (SSSR count). The van der Waals surface area contributed by atoms with Crippen molar-refractivity contribution in [3.8, 4) is 6.07 Å². The van der Waals surface area contributed by atoms with Gasteiger partial charge in [-0.15, -0.1) is 0 Å². The van der Waals surface area contributed by atoms with Crippen LogP contribution in [0.3, 0.4) is 0 Å². The van der Waals surface area contributed by atoms with Crippen molar-refractivity contribution in [3.63, 3.8) is 0 Å². The molecular formula is C17H22N2Se. The maximum atomic E-state index is 9.48. The van der Waals surface area contributed by atoms with Crippen LogP contribution < -0.4 is 9.78 Å². The molecule has 1 saturated heterocycles. The van der Waals surface area contributed by atoms with Gasteiger partial charge in [0.25, 0.3) is 0 Å². The van der Waals surface area contributed by atoms with E-state index >= 15 is 0 Å². The summed E-state index contributed by atoms with van der Waals surface area (Å²) in [6.45, 7) is 0. The molecule has 1 saturated carbocycles. The molecule has 2 fully saturated rings. The van der Waals surface area contributed by atoms with Gasteiger partial charge in [0, 0.05) is 0 Å². The number of benzene rings is 1. The van der Waals surface area contributed by atoms with Crippen LogP contribution in [0.2, 0.25) is 5.32 Å². The second kappa shape index (κ2) is 6.31. The number of nitrogens with zero attached hydrogens (tertiary/aromatic N) is 1. The normalized spacial score (nSPS) is 28.4. The van der Waals surface area contributed by atoms with Crippen LogP contribution >= 0.6 is 0 Å². The first-order valence-electron chi connectivity index (χ1n) is 7.66. The second-order valence-corrected chi connectivity index (χ2v) is 8.47. The number of nitrogens with one attached hydrogen (secondary N) is 1. The summed E-state index contributed by atoms with van der Waals surface area (Å²) < 4.78 is 1.47. The van der Waals surface area contributed by atoms with Crippen molar-refractivity contribution in [2.75, 3.05) is 0 Å². The number of rotatable bonds is 3. The fourth-order valence-electron chi connectivity index (χ4n) is 3.82. The third kappa shape index (κ3) is 2.93. The van der Waals surface area contributed by atoms with E-state index in [0.717, 1.165) is 0 Å². The molecule has 2 aliphatic rings. The van der Waals surface area contributed by atoms with Crippen LogP contribution in [0.1, 0.15) is 38.5 Å². The SMILES string of the molecule is N#CC1NC(C[Se]c2ccccc2)CC12CCCCC2. The Morgan fingerprint density at radius 3 is 2.65 bits per heavy atom. The molecule has 2 unspecified atom stereocenters. The maximum absolute atomic E-state index is 9.48. The zero-order valence-electron chi connectivity index (χ0n) is 11.8. The van der Waals surface area contributed by atoms with Crippen LogP contribution in [0.15, 0.2) is 30.3 Å². The Kier molecular flexibility index (Phi) is 4.46. The van der Waals surface area contributed by atoms with E-state index in [-0.39, 0.29) is 6.04 Å². The van der Waals surface area contributed by atoms with Crippen molar-refractivity contribution in [2.45, 2.75) is 55.9 Å². The van der Waals surface area contributed by atoms with Crippen molar-refractivity contribution in [1.82, 2.24) is 5.32 Å². The number of nitriles is 1. The molecule has 1 spiro atoms. The minimum atomic E-state index is 0.0966. The number of hydrogen-bond donors (Lipinski definition) is 1. The first-order valence-corrected chi connectivity index (χ1v) is 9.73. The van der Waals surface area contributed by atoms with Crippen molar-refractivity contribution >= 4 is 19.4 Å². The van der Waals surface area contributed by atoms with Crippen LogP contribution in [0.25, 0.3) is 0 Å². The van der Waals surface area contributed by atoms with Gasteiger partial charge in [-0.3, -0.25) is 0 Å². The predicted octanol–water partition coefficient (Wildman–Crippen LogP) is 2.64. The molecule has 1 N–H and O–H groups in total. The van der Waals surface area contributed by atoms with Crippen molar-refractivity contribution in [2.24, 2.45) is 5.41 Å². The first kappa shape index (κ1) is 14.1. The summed E-state index contributed by atoms with van der Waals surface area (Å²) in [7, 11) is 0. The zero-order valence-corrected chi connectivity index (χ0v) is 13.6. The van der Waals surface area contributed by atoms with Gasteiger partial charge in [-0.05, 0) is 0 Å². The third-order valence-electron chi connectivity index (χ3n) is 4.84. The van der Waals surface area contributed by atoms with Crippen LogP contribution in [0, 0.1) is 16.7 Å². The predicted molar refractivity (Wildman–Crippen MR) is 83.1 cm³/mol. The summed E-state index contributed by atoms with van der Waals surface area (Å²) in [5.74, 6) is 0. The van der Waals surface area contributed by atoms with Gasteiger partial charge in [0.05, 0.1) is 0 Å². The summed E-state index contributed by atoms with van der Waals surface area (Å²) in [5, 5.41) is 14.3. The van der Waals surface area contributed by atoms with E-state index in [1.807, 2.05) is 0 Å². The summed E-state index contributed by atoms with van der Waals surface area (Å²) in [5.41, 5.74) is 0.296. The molecule has 106 valence electrons. The van der Waals surface area contributed by atoms with Gasteiger partial charge in [-0.2, -0.15) is 0 Å². The molecule has 20 heavy (non-hydrogen) atoms. The fraction of sp³-hybridized carbons (Fsp3) is 0.588. The standard InChI is InChI=1S/C17H22N2Se/c18-12-16-17(9-5-2-6-10-17)11-14(19-16)13-20-15-7-3-1-4-8-15/h1,3-4,7-8,14,16,19H,2,5-6,9-11,13H2. The monoisotopic (exact) mass is 334 g/mol. The molecule has 0 aromatic heterocycles. The quantitative estimate of drug-likeness (QED) is 0.863. The van der Waals surface area contributed by atoms with Gasteiger partial charge >= 0.3 is 128 Å². The topological polar surface area (TPSA) is 35.8 Å². The van der Waals surface area contributed by atoms with Gasteiger partial charge < -0.3 is 0 Å². The minimum absolute atomic E-state index is 0.0966. The average molecular weight is 333 g/mol. The molecule has 1 aromatic carbocycles. The third-order valence-corrected chi connectivity index (χ3v) is 7.30. The van der Waals surface area contributed by atoms with Gasteiger partial charge in [-0.1, -0.05) is 0 Å². The van der Waals surface area contributed by atoms with Crippen LogP contribution in [0.4, 0.5) is 0 Å². The Morgan fingerprint density at radius 2 is 1.95 bits per heavy atom. The summed E-state index contributed by atoms with van der Waals surface area (Å²) in [6, 6.07) is 14.0.